The Morgan fingerprint density at radius 1 is 1.57 bits per heavy atom. The third-order valence-corrected chi connectivity index (χ3v) is 4.72. The molecule has 1 heterocycles. The lowest BCUT2D eigenvalue weighted by Gasteiger charge is -2.23. The summed E-state index contributed by atoms with van der Waals surface area (Å²) in [7, 11) is 1.81. The first-order chi connectivity index (χ1) is 9.99. The van der Waals surface area contributed by atoms with Gasteiger partial charge in [0.05, 0.1) is 11.5 Å². The van der Waals surface area contributed by atoms with E-state index in [1.54, 1.807) is 12.1 Å². The molecule has 21 heavy (non-hydrogen) atoms. The smallest absolute Gasteiger partial charge is 0.275 e. The maximum Gasteiger partial charge on any atom is 0.275 e. The van der Waals surface area contributed by atoms with Crippen molar-refractivity contribution >= 4 is 27.3 Å². The van der Waals surface area contributed by atoms with E-state index < -0.39 is 5.91 Å². The molecule has 1 aromatic carbocycles. The Hall–Kier alpha value is -1.54. The first-order valence-corrected chi connectivity index (χ1v) is 7.33. The number of hydrogen-bond donors (Lipinski definition) is 3. The zero-order valence-corrected chi connectivity index (χ0v) is 12.7. The second kappa shape index (κ2) is 6.48. The Bertz CT molecular complexity index is 659. The van der Waals surface area contributed by atoms with Crippen molar-refractivity contribution in [2.24, 2.45) is 5.84 Å². The van der Waals surface area contributed by atoms with Gasteiger partial charge in [-0.15, -0.1) is 11.3 Å². The molecule has 0 saturated carbocycles. The van der Waals surface area contributed by atoms with Crippen LogP contribution in [0.1, 0.15) is 22.2 Å². The van der Waals surface area contributed by atoms with Gasteiger partial charge in [-0.05, 0) is 26.1 Å². The summed E-state index contributed by atoms with van der Waals surface area (Å²) >= 11 is 1.21. The van der Waals surface area contributed by atoms with Crippen LogP contribution in [0.2, 0.25) is 0 Å². The van der Waals surface area contributed by atoms with Gasteiger partial charge < -0.3 is 5.11 Å². The number of hydrazine groups is 1. The highest BCUT2D eigenvalue weighted by Gasteiger charge is 2.22. The van der Waals surface area contributed by atoms with E-state index in [1.165, 1.54) is 17.4 Å². The lowest BCUT2D eigenvalue weighted by molar-refractivity contribution is 0.0955. The number of aliphatic hydroxyl groups excluding tert-OH is 1. The van der Waals surface area contributed by atoms with Gasteiger partial charge in [0.2, 0.25) is 0 Å². The molecular formula is C14H18FN3O2S. The number of nitrogens with two attached hydrogens (primary N) is 1. The normalized spacial score (nSPS) is 12.9. The van der Waals surface area contributed by atoms with Gasteiger partial charge in [-0.2, -0.15) is 0 Å². The second-order valence-corrected chi connectivity index (χ2v) is 6.00. The van der Waals surface area contributed by atoms with Crippen LogP contribution in [0.25, 0.3) is 10.1 Å². The number of fused-ring (bicyclic) bond motifs is 1. The lowest BCUT2D eigenvalue weighted by Crippen LogP contribution is -2.33. The highest BCUT2D eigenvalue weighted by molar-refractivity contribution is 7.21. The third-order valence-electron chi connectivity index (χ3n) is 3.52. The van der Waals surface area contributed by atoms with Crippen LogP contribution in [-0.2, 0) is 6.54 Å². The van der Waals surface area contributed by atoms with E-state index >= 15 is 0 Å². The topological polar surface area (TPSA) is 78.6 Å². The zero-order chi connectivity index (χ0) is 15.6. The average Bonchev–Trinajstić information content (AvgIpc) is 2.85. The van der Waals surface area contributed by atoms with Crippen molar-refractivity contribution < 1.29 is 14.3 Å². The molecule has 0 fully saturated rings. The molecule has 1 unspecified atom stereocenters. The minimum Gasteiger partial charge on any atom is -0.395 e. The van der Waals surface area contributed by atoms with Crippen molar-refractivity contribution in [3.8, 4) is 0 Å². The largest absolute Gasteiger partial charge is 0.395 e. The molecular weight excluding hydrogens is 293 g/mol. The van der Waals surface area contributed by atoms with Gasteiger partial charge in [0, 0.05) is 28.2 Å². The summed E-state index contributed by atoms with van der Waals surface area (Å²) in [6.45, 7) is 2.19. The van der Waals surface area contributed by atoms with E-state index in [-0.39, 0.29) is 18.5 Å². The Kier molecular flexibility index (Phi) is 4.89. The first kappa shape index (κ1) is 15.8. The van der Waals surface area contributed by atoms with E-state index in [9.17, 15) is 14.3 Å². The van der Waals surface area contributed by atoms with E-state index in [0.29, 0.717) is 27.1 Å². The number of nitrogen functional groups attached to an aromatic ring is 1. The fourth-order valence-corrected chi connectivity index (χ4v) is 3.24. The summed E-state index contributed by atoms with van der Waals surface area (Å²) in [6, 6.07) is 4.66. The monoisotopic (exact) mass is 311 g/mol. The standard InChI is InChI=1S/C14H18FN3O2S/c1-8(7-19)18(2)6-9-12-10(15)4-3-5-11(12)21-13(9)14(20)17-16/h3-5,8,19H,6-7,16H2,1-2H3,(H,17,20). The second-order valence-electron chi connectivity index (χ2n) is 4.94. The minimum absolute atomic E-state index is 0.0144. The van der Waals surface area contributed by atoms with Crippen molar-refractivity contribution in [2.45, 2.75) is 19.5 Å². The number of carbonyl (C=O) groups excluding carboxylic acids is 1. The molecule has 0 spiro atoms. The van der Waals surface area contributed by atoms with Gasteiger partial charge in [-0.1, -0.05) is 6.07 Å². The summed E-state index contributed by atoms with van der Waals surface area (Å²) in [6.07, 6.45) is 0. The van der Waals surface area contributed by atoms with Crippen molar-refractivity contribution in [3.63, 3.8) is 0 Å². The van der Waals surface area contributed by atoms with Gasteiger partial charge in [-0.3, -0.25) is 15.1 Å². The van der Waals surface area contributed by atoms with Crippen molar-refractivity contribution in [1.29, 1.82) is 0 Å². The average molecular weight is 311 g/mol. The fraction of sp³-hybridized carbons (Fsp3) is 0.357. The summed E-state index contributed by atoms with van der Waals surface area (Å²) < 4.78 is 14.8. The number of benzene rings is 1. The first-order valence-electron chi connectivity index (χ1n) is 6.51. The third kappa shape index (κ3) is 3.06. The molecule has 4 N–H and O–H groups in total. The van der Waals surface area contributed by atoms with Crippen molar-refractivity contribution in [2.75, 3.05) is 13.7 Å². The number of thiophene rings is 1. The van der Waals surface area contributed by atoms with Crippen molar-refractivity contribution in [1.82, 2.24) is 10.3 Å². The molecule has 1 amide bonds. The summed E-state index contributed by atoms with van der Waals surface area (Å²) in [5.41, 5.74) is 2.70. The van der Waals surface area contributed by atoms with Crippen LogP contribution in [-0.4, -0.2) is 35.6 Å². The molecule has 1 atom stereocenters. The molecule has 1 aromatic heterocycles. The number of rotatable bonds is 5. The molecule has 0 aliphatic carbocycles. The molecule has 5 nitrogen and oxygen atoms in total. The Balaban J connectivity index is 2.54. The van der Waals surface area contributed by atoms with Gasteiger partial charge in [0.1, 0.15) is 5.82 Å². The summed E-state index contributed by atoms with van der Waals surface area (Å²) in [5, 5.41) is 9.66. The molecule has 114 valence electrons. The van der Waals surface area contributed by atoms with Gasteiger partial charge in [0.15, 0.2) is 0 Å². The van der Waals surface area contributed by atoms with E-state index in [0.717, 1.165) is 0 Å². The molecule has 2 aromatic rings. The Morgan fingerprint density at radius 2 is 2.29 bits per heavy atom. The zero-order valence-electron chi connectivity index (χ0n) is 11.9. The van der Waals surface area contributed by atoms with Crippen LogP contribution < -0.4 is 11.3 Å². The number of carbonyl (C=O) groups is 1. The highest BCUT2D eigenvalue weighted by Crippen LogP contribution is 2.34. The number of nitrogens with zero attached hydrogens (tertiary/aromatic N) is 1. The van der Waals surface area contributed by atoms with Crippen LogP contribution in [0.15, 0.2) is 18.2 Å². The van der Waals surface area contributed by atoms with Crippen LogP contribution in [0.4, 0.5) is 4.39 Å². The molecule has 0 bridgehead atoms. The maximum absolute atomic E-state index is 14.1. The quantitative estimate of drug-likeness (QED) is 0.444. The van der Waals surface area contributed by atoms with E-state index in [2.05, 4.69) is 5.43 Å². The van der Waals surface area contributed by atoms with Crippen molar-refractivity contribution in [3.05, 3.63) is 34.5 Å². The summed E-state index contributed by atoms with van der Waals surface area (Å²) in [5.74, 6) is 4.41. The number of hydrogen-bond acceptors (Lipinski definition) is 5. The summed E-state index contributed by atoms with van der Waals surface area (Å²) in [4.78, 5) is 14.2. The van der Waals surface area contributed by atoms with Gasteiger partial charge in [0.25, 0.3) is 5.91 Å². The Labute approximate surface area is 126 Å². The molecule has 2 rings (SSSR count). The molecule has 0 aliphatic rings. The SMILES string of the molecule is CC(CO)N(C)Cc1c(C(=O)NN)sc2cccc(F)c12. The molecule has 0 aliphatic heterocycles. The number of halogens is 1. The number of likely N-dealkylation sites (N-methyl/N-ethyl adjacent to an activating group) is 1. The van der Waals surface area contributed by atoms with Crippen LogP contribution >= 0.6 is 11.3 Å². The fourth-order valence-electron chi connectivity index (χ4n) is 2.11. The predicted molar refractivity (Wildman–Crippen MR) is 81.5 cm³/mol. The molecule has 0 saturated heterocycles. The van der Waals surface area contributed by atoms with Gasteiger partial charge in [-0.25, -0.2) is 10.2 Å². The minimum atomic E-state index is -0.435. The van der Waals surface area contributed by atoms with Gasteiger partial charge >= 0.3 is 0 Å². The maximum atomic E-state index is 14.1. The number of amides is 1. The van der Waals surface area contributed by atoms with Crippen LogP contribution in [0, 0.1) is 5.82 Å². The number of aliphatic hydroxyl groups is 1. The highest BCUT2D eigenvalue weighted by atomic mass is 32.1. The Morgan fingerprint density at radius 3 is 2.90 bits per heavy atom. The van der Waals surface area contributed by atoms with E-state index in [4.69, 9.17) is 5.84 Å². The number of nitrogens with one attached hydrogen (secondary N) is 1. The molecule has 0 radical (unpaired) electrons. The predicted octanol–water partition coefficient (Wildman–Crippen LogP) is 1.46. The van der Waals surface area contributed by atoms with Crippen LogP contribution in [0.3, 0.4) is 0 Å². The molecule has 7 heteroatoms. The van der Waals surface area contributed by atoms with Crippen LogP contribution in [0.5, 0.6) is 0 Å². The lowest BCUT2D eigenvalue weighted by atomic mass is 10.1. The van der Waals surface area contributed by atoms with E-state index in [1.807, 2.05) is 18.9 Å².